The molecule has 0 radical (unpaired) electrons. The summed E-state index contributed by atoms with van der Waals surface area (Å²) in [7, 11) is 0. The van der Waals surface area contributed by atoms with Crippen LogP contribution in [0.3, 0.4) is 0 Å². The molecule has 9 heteroatoms. The number of nitrogens with zero attached hydrogens (tertiary/aromatic N) is 4. The quantitative estimate of drug-likeness (QED) is 0.322. The Kier molecular flexibility index (Phi) is 6.72. The van der Waals surface area contributed by atoms with Crippen LogP contribution in [0.1, 0.15) is 27.4 Å². The van der Waals surface area contributed by atoms with Crippen molar-refractivity contribution < 1.29 is 14.1 Å². The summed E-state index contributed by atoms with van der Waals surface area (Å²) in [5, 5.41) is 10.4. The van der Waals surface area contributed by atoms with Crippen LogP contribution in [0, 0.1) is 25.7 Å². The Morgan fingerprint density at radius 2 is 1.95 bits per heavy atom. The number of carbonyl (C=O) groups excluding carboxylic acids is 1. The second-order valence-corrected chi connectivity index (χ2v) is 8.16. The number of pyridine rings is 1. The minimum Gasteiger partial charge on any atom is -0.455 e. The van der Waals surface area contributed by atoms with Crippen LogP contribution >= 0.6 is 0 Å². The largest absolute Gasteiger partial charge is 0.455 e. The highest BCUT2D eigenvalue weighted by molar-refractivity contribution is 5.92. The number of benzene rings is 2. The molecule has 37 heavy (non-hydrogen) atoms. The van der Waals surface area contributed by atoms with Gasteiger partial charge in [-0.1, -0.05) is 17.0 Å². The van der Waals surface area contributed by atoms with Crippen molar-refractivity contribution in [3.05, 3.63) is 95.9 Å². The maximum Gasteiger partial charge on any atom is 0.290 e. The molecule has 1 amide bonds. The Morgan fingerprint density at radius 3 is 2.73 bits per heavy atom. The zero-order valence-corrected chi connectivity index (χ0v) is 20.1. The number of amides is 1. The third-order valence-corrected chi connectivity index (χ3v) is 5.42. The summed E-state index contributed by atoms with van der Waals surface area (Å²) in [6.45, 7) is 4.08. The molecule has 9 nitrogen and oxygen atoms in total. The van der Waals surface area contributed by atoms with E-state index in [0.717, 1.165) is 39.2 Å². The van der Waals surface area contributed by atoms with Gasteiger partial charge in [0.25, 0.3) is 5.91 Å². The first kappa shape index (κ1) is 23.5. The predicted molar refractivity (Wildman–Crippen MR) is 139 cm³/mol. The van der Waals surface area contributed by atoms with E-state index in [1.54, 1.807) is 6.20 Å². The summed E-state index contributed by atoms with van der Waals surface area (Å²) >= 11 is 0. The molecule has 5 rings (SSSR count). The van der Waals surface area contributed by atoms with Gasteiger partial charge in [-0.3, -0.25) is 9.78 Å². The minimum atomic E-state index is -0.368. The summed E-state index contributed by atoms with van der Waals surface area (Å²) in [6.07, 6.45) is 4.64. The van der Waals surface area contributed by atoms with Crippen LogP contribution < -0.4 is 15.4 Å². The minimum absolute atomic E-state index is 0.141. The first-order valence-corrected chi connectivity index (χ1v) is 11.5. The maximum absolute atomic E-state index is 11.9. The van der Waals surface area contributed by atoms with Crippen LogP contribution in [0.4, 0.5) is 11.5 Å². The smallest absolute Gasteiger partial charge is 0.290 e. The van der Waals surface area contributed by atoms with Gasteiger partial charge >= 0.3 is 0 Å². The summed E-state index contributed by atoms with van der Waals surface area (Å²) in [4.78, 5) is 25.0. The van der Waals surface area contributed by atoms with Crippen molar-refractivity contribution in [2.75, 3.05) is 11.9 Å². The van der Waals surface area contributed by atoms with Gasteiger partial charge in [-0.2, -0.15) is 0 Å². The SMILES string of the molecule is Cc1ccc(Oc2ccc(Nc3ncnc4ccc(C#CCNC(=O)c5ccno5)cc34)cc2C)cn1. The van der Waals surface area contributed by atoms with Crippen LogP contribution in [0.15, 0.2) is 77.8 Å². The number of nitrogens with one attached hydrogen (secondary N) is 2. The van der Waals surface area contributed by atoms with Crippen LogP contribution in [0.2, 0.25) is 0 Å². The van der Waals surface area contributed by atoms with Gasteiger partial charge in [0.05, 0.1) is 24.5 Å². The fraction of sp³-hybridized carbons (Fsp3) is 0.107. The molecular formula is C28H22N6O3. The van der Waals surface area contributed by atoms with Gasteiger partial charge in [0, 0.05) is 28.4 Å². The van der Waals surface area contributed by atoms with E-state index in [2.05, 4.69) is 42.6 Å². The van der Waals surface area contributed by atoms with Crippen molar-refractivity contribution in [1.82, 2.24) is 25.4 Å². The number of hydrogen-bond acceptors (Lipinski definition) is 8. The number of rotatable bonds is 6. The van der Waals surface area contributed by atoms with Crippen molar-refractivity contribution >= 4 is 28.3 Å². The molecule has 0 aliphatic heterocycles. The highest BCUT2D eigenvalue weighted by Gasteiger charge is 2.09. The van der Waals surface area contributed by atoms with E-state index in [1.165, 1.54) is 18.6 Å². The highest BCUT2D eigenvalue weighted by atomic mass is 16.5. The van der Waals surface area contributed by atoms with E-state index in [9.17, 15) is 4.79 Å². The number of aryl methyl sites for hydroxylation is 2. The number of fused-ring (bicyclic) bond motifs is 1. The lowest BCUT2D eigenvalue weighted by atomic mass is 10.1. The van der Waals surface area contributed by atoms with Crippen molar-refractivity contribution in [2.24, 2.45) is 0 Å². The van der Waals surface area contributed by atoms with Crippen LogP contribution in [-0.4, -0.2) is 32.6 Å². The predicted octanol–water partition coefficient (Wildman–Crippen LogP) is 4.95. The van der Waals surface area contributed by atoms with Gasteiger partial charge in [-0.15, -0.1) is 0 Å². The zero-order valence-electron chi connectivity index (χ0n) is 20.1. The number of ether oxygens (including phenoxy) is 1. The van der Waals surface area contributed by atoms with E-state index < -0.39 is 0 Å². The fourth-order valence-corrected chi connectivity index (χ4v) is 3.54. The molecule has 0 aliphatic rings. The topological polar surface area (TPSA) is 115 Å². The molecule has 0 unspecified atom stereocenters. The van der Waals surface area contributed by atoms with Gasteiger partial charge in [0.1, 0.15) is 23.6 Å². The van der Waals surface area contributed by atoms with Crippen LogP contribution in [-0.2, 0) is 0 Å². The van der Waals surface area contributed by atoms with Gasteiger partial charge in [-0.25, -0.2) is 9.97 Å². The molecule has 3 heterocycles. The fourth-order valence-electron chi connectivity index (χ4n) is 3.54. The number of hydrogen-bond donors (Lipinski definition) is 2. The Balaban J connectivity index is 1.30. The Hall–Kier alpha value is -5.23. The van der Waals surface area contributed by atoms with E-state index in [-0.39, 0.29) is 18.2 Å². The van der Waals surface area contributed by atoms with E-state index in [4.69, 9.17) is 9.26 Å². The van der Waals surface area contributed by atoms with Crippen molar-refractivity contribution in [3.63, 3.8) is 0 Å². The lowest BCUT2D eigenvalue weighted by Crippen LogP contribution is -2.22. The average molecular weight is 491 g/mol. The zero-order chi connectivity index (χ0) is 25.6. The molecule has 0 spiro atoms. The lowest BCUT2D eigenvalue weighted by Gasteiger charge is -2.12. The third-order valence-electron chi connectivity index (χ3n) is 5.42. The number of aromatic nitrogens is 4. The first-order chi connectivity index (χ1) is 18.0. The molecule has 0 fully saturated rings. The molecule has 2 aromatic carbocycles. The highest BCUT2D eigenvalue weighted by Crippen LogP contribution is 2.29. The van der Waals surface area contributed by atoms with Gasteiger partial charge < -0.3 is 19.9 Å². The van der Waals surface area contributed by atoms with E-state index in [0.29, 0.717) is 11.6 Å². The molecular weight excluding hydrogens is 468 g/mol. The molecule has 0 atom stereocenters. The van der Waals surface area contributed by atoms with E-state index >= 15 is 0 Å². The molecule has 2 N–H and O–H groups in total. The Bertz CT molecular complexity index is 1620. The molecule has 0 bridgehead atoms. The monoisotopic (exact) mass is 490 g/mol. The van der Waals surface area contributed by atoms with Crippen molar-refractivity contribution in [2.45, 2.75) is 13.8 Å². The summed E-state index contributed by atoms with van der Waals surface area (Å²) in [6, 6.07) is 16.8. The van der Waals surface area contributed by atoms with E-state index in [1.807, 2.05) is 62.4 Å². The van der Waals surface area contributed by atoms with Gasteiger partial charge in [0.15, 0.2) is 0 Å². The Morgan fingerprint density at radius 1 is 1.03 bits per heavy atom. The summed E-state index contributed by atoms with van der Waals surface area (Å²) in [5.74, 6) is 7.86. The second kappa shape index (κ2) is 10.6. The third kappa shape index (κ3) is 5.71. The number of carbonyl (C=O) groups is 1. The summed E-state index contributed by atoms with van der Waals surface area (Å²) in [5.41, 5.74) is 4.31. The molecule has 0 saturated carbocycles. The van der Waals surface area contributed by atoms with Crippen molar-refractivity contribution in [3.8, 4) is 23.3 Å². The lowest BCUT2D eigenvalue weighted by molar-refractivity contribution is 0.0922. The van der Waals surface area contributed by atoms with Crippen molar-refractivity contribution in [1.29, 1.82) is 0 Å². The summed E-state index contributed by atoms with van der Waals surface area (Å²) < 4.78 is 10.8. The standard InChI is InChI=1S/C28H22N6O3/c1-18-14-21(7-10-25(18)36-22-8-5-19(2)30-16-22)34-27-23-15-20(6-9-24(23)31-17-32-27)4-3-12-29-28(35)26-11-13-33-37-26/h5-11,13-17H,12H2,1-2H3,(H,29,35)(H,31,32,34). The molecule has 5 aromatic rings. The molecule has 3 aromatic heterocycles. The Labute approximate surface area is 212 Å². The molecule has 182 valence electrons. The van der Waals surface area contributed by atoms with Crippen LogP contribution in [0.25, 0.3) is 10.9 Å². The molecule has 0 saturated heterocycles. The number of anilines is 2. The second-order valence-electron chi connectivity index (χ2n) is 8.16. The van der Waals surface area contributed by atoms with Gasteiger partial charge in [0.2, 0.25) is 5.76 Å². The average Bonchev–Trinajstić information content (AvgIpc) is 3.45. The normalized spacial score (nSPS) is 10.4. The van der Waals surface area contributed by atoms with Gasteiger partial charge in [-0.05, 0) is 67.9 Å². The maximum atomic E-state index is 11.9. The first-order valence-electron chi connectivity index (χ1n) is 11.5. The van der Waals surface area contributed by atoms with Crippen LogP contribution in [0.5, 0.6) is 11.5 Å². The molecule has 0 aliphatic carbocycles.